The highest BCUT2D eigenvalue weighted by molar-refractivity contribution is 5.98. The molecular weight excluding hydrogens is 298 g/mol. The van der Waals surface area contributed by atoms with E-state index in [1.807, 2.05) is 6.07 Å². The highest BCUT2D eigenvalue weighted by Crippen LogP contribution is 2.31. The Hall–Kier alpha value is -2.54. The number of rotatable bonds is 3. The second-order valence-corrected chi connectivity index (χ2v) is 5.68. The SMILES string of the molecule is COc1ccc(N2CCN(C)CC2)c2[nH]c(C(=O)O)cc(=O)c12. The molecule has 23 heavy (non-hydrogen) atoms. The summed E-state index contributed by atoms with van der Waals surface area (Å²) in [5.74, 6) is -0.716. The number of H-pyrrole nitrogens is 1. The number of pyridine rings is 1. The fourth-order valence-corrected chi connectivity index (χ4v) is 2.91. The first-order valence-electron chi connectivity index (χ1n) is 7.42. The normalized spacial score (nSPS) is 15.8. The number of nitrogens with one attached hydrogen (secondary N) is 1. The van der Waals surface area contributed by atoms with Crippen LogP contribution in [0.25, 0.3) is 10.9 Å². The molecule has 0 radical (unpaired) electrons. The van der Waals surface area contributed by atoms with Crippen LogP contribution in [0.15, 0.2) is 23.0 Å². The maximum absolute atomic E-state index is 12.4. The minimum Gasteiger partial charge on any atom is -0.496 e. The lowest BCUT2D eigenvalue weighted by Gasteiger charge is -2.34. The molecule has 3 rings (SSSR count). The predicted octanol–water partition coefficient (Wildman–Crippen LogP) is 0.987. The maximum Gasteiger partial charge on any atom is 0.352 e. The van der Waals surface area contributed by atoms with E-state index in [0.29, 0.717) is 16.7 Å². The van der Waals surface area contributed by atoms with Crippen LogP contribution < -0.4 is 15.1 Å². The van der Waals surface area contributed by atoms with Crippen molar-refractivity contribution in [2.24, 2.45) is 0 Å². The Kier molecular flexibility index (Phi) is 3.96. The molecule has 7 nitrogen and oxygen atoms in total. The Labute approximate surface area is 133 Å². The van der Waals surface area contributed by atoms with Crippen LogP contribution in [0.5, 0.6) is 5.75 Å². The van der Waals surface area contributed by atoms with Gasteiger partial charge >= 0.3 is 5.97 Å². The number of aromatic carboxylic acids is 1. The van der Waals surface area contributed by atoms with Crippen LogP contribution in [0, 0.1) is 0 Å². The number of ether oxygens (including phenoxy) is 1. The van der Waals surface area contributed by atoms with Crippen molar-refractivity contribution < 1.29 is 14.6 Å². The average molecular weight is 317 g/mol. The summed E-state index contributed by atoms with van der Waals surface area (Å²) in [6.07, 6.45) is 0. The maximum atomic E-state index is 12.4. The van der Waals surface area contributed by atoms with E-state index in [2.05, 4.69) is 21.8 Å². The van der Waals surface area contributed by atoms with Crippen molar-refractivity contribution in [3.63, 3.8) is 0 Å². The Morgan fingerprint density at radius 1 is 1.26 bits per heavy atom. The van der Waals surface area contributed by atoms with Gasteiger partial charge in [-0.3, -0.25) is 4.79 Å². The highest BCUT2D eigenvalue weighted by Gasteiger charge is 2.20. The number of methoxy groups -OCH3 is 1. The van der Waals surface area contributed by atoms with Crippen LogP contribution in [0.1, 0.15) is 10.5 Å². The third-order valence-electron chi connectivity index (χ3n) is 4.22. The Morgan fingerprint density at radius 3 is 2.57 bits per heavy atom. The summed E-state index contributed by atoms with van der Waals surface area (Å²) in [6.45, 7) is 3.46. The van der Waals surface area contributed by atoms with E-state index >= 15 is 0 Å². The van der Waals surface area contributed by atoms with Gasteiger partial charge in [0.05, 0.1) is 23.7 Å². The third-order valence-corrected chi connectivity index (χ3v) is 4.22. The molecule has 0 amide bonds. The molecular formula is C16H19N3O4. The summed E-state index contributed by atoms with van der Waals surface area (Å²) in [6, 6.07) is 4.72. The zero-order valence-electron chi connectivity index (χ0n) is 13.1. The van der Waals surface area contributed by atoms with Crippen LogP contribution in [0.4, 0.5) is 5.69 Å². The van der Waals surface area contributed by atoms with E-state index in [1.54, 1.807) is 6.07 Å². The lowest BCUT2D eigenvalue weighted by Crippen LogP contribution is -2.44. The molecule has 0 bridgehead atoms. The first-order chi connectivity index (χ1) is 11.0. The molecule has 0 spiro atoms. The molecule has 0 aliphatic carbocycles. The second kappa shape index (κ2) is 5.92. The van der Waals surface area contributed by atoms with Crippen LogP contribution in [0.3, 0.4) is 0 Å². The fourth-order valence-electron chi connectivity index (χ4n) is 2.91. The standard InChI is InChI=1S/C16H19N3O4/c1-18-5-7-19(8-6-18)11-3-4-13(23-2)14-12(20)9-10(16(21)22)17-15(11)14/h3-4,9H,5-8H2,1-2H3,(H,17,20)(H,21,22). The Morgan fingerprint density at radius 2 is 1.96 bits per heavy atom. The first kappa shape index (κ1) is 15.4. The fraction of sp³-hybridized carbons (Fsp3) is 0.375. The van der Waals surface area contributed by atoms with Gasteiger partial charge in [-0.05, 0) is 19.2 Å². The molecule has 1 aromatic heterocycles. The second-order valence-electron chi connectivity index (χ2n) is 5.68. The number of likely N-dealkylation sites (N-methyl/N-ethyl adjacent to an activating group) is 1. The van der Waals surface area contributed by atoms with Gasteiger partial charge in [-0.15, -0.1) is 0 Å². The quantitative estimate of drug-likeness (QED) is 0.878. The minimum absolute atomic E-state index is 0.119. The van der Waals surface area contributed by atoms with Gasteiger partial charge in [-0.1, -0.05) is 0 Å². The van der Waals surface area contributed by atoms with Crippen molar-refractivity contribution in [2.75, 3.05) is 45.2 Å². The number of carboxylic acid groups (broad SMARTS) is 1. The molecule has 2 aromatic rings. The van der Waals surface area contributed by atoms with Crippen molar-refractivity contribution in [2.45, 2.75) is 0 Å². The van der Waals surface area contributed by atoms with E-state index < -0.39 is 5.97 Å². The van der Waals surface area contributed by atoms with Gasteiger partial charge in [0.15, 0.2) is 5.43 Å². The van der Waals surface area contributed by atoms with Gasteiger partial charge in [0.1, 0.15) is 11.4 Å². The lowest BCUT2D eigenvalue weighted by molar-refractivity contribution is 0.0691. The van der Waals surface area contributed by atoms with E-state index in [0.717, 1.165) is 37.9 Å². The number of fused-ring (bicyclic) bond motifs is 1. The third kappa shape index (κ3) is 2.75. The molecule has 7 heteroatoms. The summed E-state index contributed by atoms with van der Waals surface area (Å²) >= 11 is 0. The van der Waals surface area contributed by atoms with Crippen LogP contribution >= 0.6 is 0 Å². The molecule has 2 heterocycles. The van der Waals surface area contributed by atoms with Crippen molar-refractivity contribution in [3.8, 4) is 5.75 Å². The largest absolute Gasteiger partial charge is 0.496 e. The molecule has 122 valence electrons. The number of hydrogen-bond acceptors (Lipinski definition) is 5. The zero-order valence-corrected chi connectivity index (χ0v) is 13.1. The van der Waals surface area contributed by atoms with Gasteiger partial charge in [0, 0.05) is 32.2 Å². The Bertz CT molecular complexity index is 807. The smallest absolute Gasteiger partial charge is 0.352 e. The average Bonchev–Trinajstić information content (AvgIpc) is 2.54. The highest BCUT2D eigenvalue weighted by atomic mass is 16.5. The monoisotopic (exact) mass is 317 g/mol. The number of aromatic nitrogens is 1. The number of benzene rings is 1. The van der Waals surface area contributed by atoms with Gasteiger partial charge in [0.25, 0.3) is 0 Å². The van der Waals surface area contributed by atoms with Gasteiger partial charge in [-0.25, -0.2) is 4.79 Å². The zero-order chi connectivity index (χ0) is 16.6. The van der Waals surface area contributed by atoms with Crippen molar-refractivity contribution in [1.29, 1.82) is 0 Å². The molecule has 0 unspecified atom stereocenters. The number of anilines is 1. The first-order valence-corrected chi connectivity index (χ1v) is 7.42. The summed E-state index contributed by atoms with van der Waals surface area (Å²) in [5.41, 5.74) is 0.864. The van der Waals surface area contributed by atoms with Gasteiger partial charge in [0.2, 0.25) is 0 Å². The molecule has 1 saturated heterocycles. The number of carboxylic acids is 1. The summed E-state index contributed by atoms with van der Waals surface area (Å²) < 4.78 is 5.27. The molecule has 1 aliphatic rings. The van der Waals surface area contributed by atoms with E-state index in [4.69, 9.17) is 4.74 Å². The van der Waals surface area contributed by atoms with Gasteiger partial charge < -0.3 is 24.6 Å². The Balaban J connectivity index is 2.22. The summed E-state index contributed by atoms with van der Waals surface area (Å²) in [5, 5.41) is 9.59. The molecule has 1 aliphatic heterocycles. The van der Waals surface area contributed by atoms with Crippen LogP contribution in [-0.2, 0) is 0 Å². The van der Waals surface area contributed by atoms with Crippen LogP contribution in [-0.4, -0.2) is 61.3 Å². The number of nitrogens with zero attached hydrogens (tertiary/aromatic N) is 2. The molecule has 2 N–H and O–H groups in total. The van der Waals surface area contributed by atoms with E-state index in [-0.39, 0.29) is 11.1 Å². The molecule has 1 fully saturated rings. The number of carbonyl (C=O) groups is 1. The molecule has 0 atom stereocenters. The van der Waals surface area contributed by atoms with E-state index in [9.17, 15) is 14.7 Å². The van der Waals surface area contributed by atoms with Crippen molar-refractivity contribution in [1.82, 2.24) is 9.88 Å². The van der Waals surface area contributed by atoms with E-state index in [1.165, 1.54) is 7.11 Å². The summed E-state index contributed by atoms with van der Waals surface area (Å²) in [4.78, 5) is 30.9. The lowest BCUT2D eigenvalue weighted by atomic mass is 10.1. The summed E-state index contributed by atoms with van der Waals surface area (Å²) in [7, 11) is 3.56. The predicted molar refractivity (Wildman–Crippen MR) is 87.8 cm³/mol. The van der Waals surface area contributed by atoms with Gasteiger partial charge in [-0.2, -0.15) is 0 Å². The number of aromatic amines is 1. The molecule has 0 saturated carbocycles. The minimum atomic E-state index is -1.16. The van der Waals surface area contributed by atoms with Crippen molar-refractivity contribution in [3.05, 3.63) is 34.1 Å². The number of piperazine rings is 1. The topological polar surface area (TPSA) is 85.9 Å². The van der Waals surface area contributed by atoms with Crippen molar-refractivity contribution >= 4 is 22.6 Å². The van der Waals surface area contributed by atoms with Crippen LogP contribution in [0.2, 0.25) is 0 Å². The molecule has 1 aromatic carbocycles. The number of hydrogen-bond donors (Lipinski definition) is 2.